The molecule has 0 radical (unpaired) electrons. The zero-order valence-corrected chi connectivity index (χ0v) is 12.1. The number of carboxylic acid groups (broad SMARTS) is 1. The normalized spacial score (nSPS) is 14.9. The first-order valence-corrected chi connectivity index (χ1v) is 7.53. The minimum absolute atomic E-state index is 0.310. The largest absolute Gasteiger partial charge is 0.478 e. The minimum Gasteiger partial charge on any atom is -0.478 e. The van der Waals surface area contributed by atoms with Crippen molar-refractivity contribution in [2.24, 2.45) is 7.05 Å². The van der Waals surface area contributed by atoms with Crippen LogP contribution in [0, 0.1) is 0 Å². The molecule has 0 amide bonds. The van der Waals surface area contributed by atoms with E-state index in [1.165, 1.54) is 23.9 Å². The fourth-order valence-electron chi connectivity index (χ4n) is 2.38. The third-order valence-electron chi connectivity index (χ3n) is 3.65. The Labute approximate surface area is 121 Å². The maximum atomic E-state index is 11.2. The molecule has 0 unspecified atom stereocenters. The Balaban J connectivity index is 1.80. The zero-order valence-electron chi connectivity index (χ0n) is 11.3. The molecule has 5 nitrogen and oxygen atoms in total. The average Bonchev–Trinajstić information content (AvgIpc) is 3.02. The number of aromatic nitrogens is 2. The highest BCUT2D eigenvalue weighted by atomic mass is 32.1. The van der Waals surface area contributed by atoms with Gasteiger partial charge in [0.05, 0.1) is 11.9 Å². The highest BCUT2D eigenvalue weighted by molar-refractivity contribution is 7.09. The Morgan fingerprint density at radius 3 is 2.95 bits per heavy atom. The van der Waals surface area contributed by atoms with Gasteiger partial charge in [-0.1, -0.05) is 6.07 Å². The van der Waals surface area contributed by atoms with Gasteiger partial charge < -0.3 is 5.11 Å². The molecule has 0 saturated heterocycles. The third kappa shape index (κ3) is 2.76. The van der Waals surface area contributed by atoms with Gasteiger partial charge >= 0.3 is 5.97 Å². The van der Waals surface area contributed by atoms with Crippen LogP contribution in [0.2, 0.25) is 0 Å². The summed E-state index contributed by atoms with van der Waals surface area (Å²) in [6.45, 7) is 1.52. The summed E-state index contributed by atoms with van der Waals surface area (Å²) in [5.74, 6) is -0.903. The Morgan fingerprint density at radius 1 is 1.55 bits per heavy atom. The van der Waals surface area contributed by atoms with Crippen LogP contribution in [-0.2, 0) is 20.1 Å². The van der Waals surface area contributed by atoms with E-state index in [2.05, 4.69) is 27.5 Å². The number of aryl methyl sites for hydroxylation is 1. The summed E-state index contributed by atoms with van der Waals surface area (Å²) in [7, 11) is 1.80. The Bertz CT molecular complexity index is 602. The molecule has 1 aliphatic carbocycles. The summed E-state index contributed by atoms with van der Waals surface area (Å²) in [5.41, 5.74) is 1.09. The second kappa shape index (κ2) is 5.38. The van der Waals surface area contributed by atoms with E-state index in [9.17, 15) is 9.90 Å². The molecule has 0 spiro atoms. The molecule has 1 aliphatic rings. The van der Waals surface area contributed by atoms with Crippen molar-refractivity contribution in [3.05, 3.63) is 39.8 Å². The van der Waals surface area contributed by atoms with Crippen LogP contribution in [0.1, 0.15) is 33.8 Å². The van der Waals surface area contributed by atoms with Crippen molar-refractivity contribution < 1.29 is 9.90 Å². The molecule has 1 saturated carbocycles. The number of nitrogens with zero attached hydrogens (tertiary/aromatic N) is 3. The minimum atomic E-state index is -0.903. The molecule has 0 aliphatic heterocycles. The lowest BCUT2D eigenvalue weighted by atomic mass is 10.2. The summed E-state index contributed by atoms with van der Waals surface area (Å²) in [6.07, 6.45) is 3.84. The predicted octanol–water partition coefficient (Wildman–Crippen LogP) is 2.34. The number of hydrogen-bond acceptors (Lipinski definition) is 4. The highest BCUT2D eigenvalue weighted by Gasteiger charge is 2.31. The first-order chi connectivity index (χ1) is 9.65. The van der Waals surface area contributed by atoms with Gasteiger partial charge in [-0.3, -0.25) is 9.58 Å². The van der Waals surface area contributed by atoms with Crippen LogP contribution in [0.25, 0.3) is 0 Å². The lowest BCUT2D eigenvalue weighted by Crippen LogP contribution is -2.26. The maximum absolute atomic E-state index is 11.2. The van der Waals surface area contributed by atoms with Crippen molar-refractivity contribution in [2.75, 3.05) is 0 Å². The van der Waals surface area contributed by atoms with E-state index in [1.807, 2.05) is 0 Å². The second-order valence-corrected chi connectivity index (χ2v) is 6.18. The molecule has 1 N–H and O–H groups in total. The first kappa shape index (κ1) is 13.3. The van der Waals surface area contributed by atoms with Crippen molar-refractivity contribution >= 4 is 17.3 Å². The van der Waals surface area contributed by atoms with Gasteiger partial charge in [0.15, 0.2) is 0 Å². The molecule has 106 valence electrons. The van der Waals surface area contributed by atoms with Gasteiger partial charge in [0.2, 0.25) is 0 Å². The van der Waals surface area contributed by atoms with E-state index in [0.29, 0.717) is 18.2 Å². The summed E-state index contributed by atoms with van der Waals surface area (Å²) >= 11 is 1.74. The second-order valence-electron chi connectivity index (χ2n) is 5.15. The monoisotopic (exact) mass is 291 g/mol. The van der Waals surface area contributed by atoms with Gasteiger partial charge in [-0.15, -0.1) is 11.3 Å². The molecule has 0 bridgehead atoms. The van der Waals surface area contributed by atoms with Crippen LogP contribution < -0.4 is 0 Å². The molecule has 2 heterocycles. The quantitative estimate of drug-likeness (QED) is 0.887. The Hall–Kier alpha value is -1.66. The molecule has 6 heteroatoms. The van der Waals surface area contributed by atoms with Gasteiger partial charge in [0.1, 0.15) is 5.56 Å². The summed E-state index contributed by atoms with van der Waals surface area (Å²) < 4.78 is 1.67. The van der Waals surface area contributed by atoms with Crippen LogP contribution in [0.5, 0.6) is 0 Å². The standard InChI is InChI=1S/C14H17N3O2S/c1-16-13(12(7-15-16)14(18)19)9-17(10-4-5-10)8-11-3-2-6-20-11/h2-3,6-7,10H,4-5,8-9H2,1H3,(H,18,19). The van der Waals surface area contributed by atoms with Gasteiger partial charge in [-0.25, -0.2) is 4.79 Å². The Morgan fingerprint density at radius 2 is 2.35 bits per heavy atom. The number of thiophene rings is 1. The molecule has 0 aromatic carbocycles. The van der Waals surface area contributed by atoms with Gasteiger partial charge in [0.25, 0.3) is 0 Å². The van der Waals surface area contributed by atoms with E-state index in [1.54, 1.807) is 23.1 Å². The van der Waals surface area contributed by atoms with Crippen molar-refractivity contribution in [1.82, 2.24) is 14.7 Å². The average molecular weight is 291 g/mol. The highest BCUT2D eigenvalue weighted by Crippen LogP contribution is 2.31. The molecule has 1 fully saturated rings. The summed E-state index contributed by atoms with van der Waals surface area (Å²) in [6, 6.07) is 4.76. The topological polar surface area (TPSA) is 58.4 Å². The summed E-state index contributed by atoms with van der Waals surface area (Å²) in [4.78, 5) is 14.9. The number of hydrogen-bond donors (Lipinski definition) is 1. The number of carboxylic acids is 1. The smallest absolute Gasteiger partial charge is 0.339 e. The fourth-order valence-corrected chi connectivity index (χ4v) is 3.11. The van der Waals surface area contributed by atoms with Crippen LogP contribution in [-0.4, -0.2) is 31.8 Å². The molecule has 2 aromatic heterocycles. The third-order valence-corrected chi connectivity index (χ3v) is 4.51. The number of carbonyl (C=O) groups is 1. The van der Waals surface area contributed by atoms with Crippen LogP contribution >= 0.6 is 11.3 Å². The molecule has 3 rings (SSSR count). The predicted molar refractivity (Wildman–Crippen MR) is 76.8 cm³/mol. The van der Waals surface area contributed by atoms with Crippen LogP contribution in [0.4, 0.5) is 0 Å². The first-order valence-electron chi connectivity index (χ1n) is 6.65. The van der Waals surface area contributed by atoms with Crippen molar-refractivity contribution in [3.63, 3.8) is 0 Å². The van der Waals surface area contributed by atoms with E-state index in [4.69, 9.17) is 0 Å². The number of rotatable bonds is 6. The van der Waals surface area contributed by atoms with Gasteiger partial charge in [-0.2, -0.15) is 5.10 Å². The van der Waals surface area contributed by atoms with Gasteiger partial charge in [0, 0.05) is 31.1 Å². The van der Waals surface area contributed by atoms with Crippen molar-refractivity contribution in [1.29, 1.82) is 0 Å². The van der Waals surface area contributed by atoms with E-state index < -0.39 is 5.97 Å². The fraction of sp³-hybridized carbons (Fsp3) is 0.429. The Kier molecular flexibility index (Phi) is 3.58. The molecule has 0 atom stereocenters. The lowest BCUT2D eigenvalue weighted by molar-refractivity contribution is 0.0694. The van der Waals surface area contributed by atoms with E-state index in [0.717, 1.165) is 12.2 Å². The zero-order chi connectivity index (χ0) is 14.1. The van der Waals surface area contributed by atoms with Crippen LogP contribution in [0.3, 0.4) is 0 Å². The van der Waals surface area contributed by atoms with E-state index >= 15 is 0 Å². The molecule has 2 aromatic rings. The van der Waals surface area contributed by atoms with Crippen molar-refractivity contribution in [2.45, 2.75) is 32.0 Å². The maximum Gasteiger partial charge on any atom is 0.339 e. The molecular weight excluding hydrogens is 274 g/mol. The lowest BCUT2D eigenvalue weighted by Gasteiger charge is -2.21. The molecular formula is C14H17N3O2S. The summed E-state index contributed by atoms with van der Waals surface area (Å²) in [5, 5.41) is 15.4. The SMILES string of the molecule is Cn1ncc(C(=O)O)c1CN(Cc1cccs1)C1CC1. The van der Waals surface area contributed by atoms with Crippen molar-refractivity contribution in [3.8, 4) is 0 Å². The van der Waals surface area contributed by atoms with Gasteiger partial charge in [-0.05, 0) is 24.3 Å². The number of aromatic carboxylic acids is 1. The van der Waals surface area contributed by atoms with Crippen LogP contribution in [0.15, 0.2) is 23.7 Å². The van der Waals surface area contributed by atoms with E-state index in [-0.39, 0.29) is 0 Å². The molecule has 20 heavy (non-hydrogen) atoms.